The minimum absolute atomic E-state index is 0. The van der Waals surface area contributed by atoms with E-state index in [9.17, 15) is 8.42 Å². The molecule has 9 heteroatoms. The average molecular weight is 380 g/mol. The molecule has 1 heterocycles. The SMILES string of the molecule is COc1ccc(OC)c(S(=O)(=O)NCCCN2CCOCC2)c1.[Cl-]. The molecule has 0 spiro atoms. The Morgan fingerprint density at radius 1 is 1.21 bits per heavy atom. The molecule has 2 rings (SSSR count). The Balaban J connectivity index is 0.00000288. The number of nitrogens with zero attached hydrogens (tertiary/aromatic N) is 1. The van der Waals surface area contributed by atoms with Crippen molar-refractivity contribution < 1.29 is 35.0 Å². The largest absolute Gasteiger partial charge is 1.00 e. The fourth-order valence-corrected chi connectivity index (χ4v) is 3.66. The molecule has 0 bridgehead atoms. The quantitative estimate of drug-likeness (QED) is 0.512. The summed E-state index contributed by atoms with van der Waals surface area (Å²) in [6, 6.07) is 4.71. The number of benzene rings is 1. The van der Waals surface area contributed by atoms with Crippen LogP contribution >= 0.6 is 0 Å². The fourth-order valence-electron chi connectivity index (χ4n) is 2.41. The zero-order chi connectivity index (χ0) is 16.7. The number of sulfonamides is 1. The van der Waals surface area contributed by atoms with Crippen LogP contribution in [0.1, 0.15) is 6.42 Å². The predicted molar refractivity (Wildman–Crippen MR) is 86.6 cm³/mol. The highest BCUT2D eigenvalue weighted by molar-refractivity contribution is 7.89. The normalized spacial score (nSPS) is 15.6. The van der Waals surface area contributed by atoms with Gasteiger partial charge >= 0.3 is 0 Å². The molecular weight excluding hydrogens is 356 g/mol. The van der Waals surface area contributed by atoms with Gasteiger partial charge < -0.3 is 26.6 Å². The summed E-state index contributed by atoms with van der Waals surface area (Å²) in [5.41, 5.74) is 0. The first kappa shape index (κ1) is 21.0. The molecule has 1 aromatic rings. The second-order valence-corrected chi connectivity index (χ2v) is 6.96. The van der Waals surface area contributed by atoms with Gasteiger partial charge in [-0.1, -0.05) is 0 Å². The number of halogens is 1. The molecule has 1 aliphatic heterocycles. The number of ether oxygens (including phenoxy) is 3. The van der Waals surface area contributed by atoms with Crippen LogP contribution in [0, 0.1) is 0 Å². The number of hydrogen-bond acceptors (Lipinski definition) is 6. The van der Waals surface area contributed by atoms with Crippen molar-refractivity contribution in [2.24, 2.45) is 0 Å². The predicted octanol–water partition coefficient (Wildman–Crippen LogP) is -2.29. The summed E-state index contributed by atoms with van der Waals surface area (Å²) in [6.07, 6.45) is 0.742. The second kappa shape index (κ2) is 10.0. The van der Waals surface area contributed by atoms with E-state index in [1.54, 1.807) is 12.1 Å². The van der Waals surface area contributed by atoms with E-state index in [0.29, 0.717) is 18.0 Å². The third kappa shape index (κ3) is 5.78. The molecule has 0 atom stereocenters. The van der Waals surface area contributed by atoms with Crippen LogP contribution < -0.4 is 26.6 Å². The zero-order valence-electron chi connectivity index (χ0n) is 14.0. The van der Waals surface area contributed by atoms with Crippen LogP contribution in [0.5, 0.6) is 11.5 Å². The average Bonchev–Trinajstić information content (AvgIpc) is 2.59. The van der Waals surface area contributed by atoms with Gasteiger partial charge in [-0.2, -0.15) is 0 Å². The zero-order valence-corrected chi connectivity index (χ0v) is 15.5. The van der Waals surface area contributed by atoms with Gasteiger partial charge in [-0.05, 0) is 25.1 Å². The molecule has 24 heavy (non-hydrogen) atoms. The molecule has 0 radical (unpaired) electrons. The smallest absolute Gasteiger partial charge is 0.244 e. The molecule has 0 aromatic heterocycles. The first-order chi connectivity index (χ1) is 11.1. The van der Waals surface area contributed by atoms with E-state index in [2.05, 4.69) is 9.62 Å². The van der Waals surface area contributed by atoms with E-state index in [1.165, 1.54) is 20.3 Å². The van der Waals surface area contributed by atoms with E-state index in [-0.39, 0.29) is 17.3 Å². The highest BCUT2D eigenvalue weighted by atomic mass is 35.5. The van der Waals surface area contributed by atoms with Crippen molar-refractivity contribution in [3.63, 3.8) is 0 Å². The number of morpholine rings is 1. The molecule has 1 aromatic carbocycles. The van der Waals surface area contributed by atoms with Gasteiger partial charge in [-0.25, -0.2) is 13.1 Å². The van der Waals surface area contributed by atoms with Crippen LogP contribution in [0.3, 0.4) is 0 Å². The Kier molecular flexibility index (Phi) is 8.79. The monoisotopic (exact) mass is 379 g/mol. The van der Waals surface area contributed by atoms with Crippen LogP contribution in [0.4, 0.5) is 0 Å². The standard InChI is InChI=1S/C15H24N2O5S.ClH/c1-20-13-4-5-14(21-2)15(12-13)23(18,19)16-6-3-7-17-8-10-22-11-9-17;/h4-5,12,16H,3,6-11H2,1-2H3;1H/p-1. The van der Waals surface area contributed by atoms with Crippen LogP contribution in [0.15, 0.2) is 23.1 Å². The highest BCUT2D eigenvalue weighted by Gasteiger charge is 2.20. The topological polar surface area (TPSA) is 77.1 Å². The first-order valence-electron chi connectivity index (χ1n) is 7.58. The maximum absolute atomic E-state index is 12.5. The Hall–Kier alpha value is -1.06. The minimum atomic E-state index is -3.64. The molecular formula is C15H24ClN2O5S-. The number of methoxy groups -OCH3 is 2. The molecule has 0 saturated carbocycles. The maximum Gasteiger partial charge on any atom is 0.244 e. The number of rotatable bonds is 8. The Labute approximate surface area is 149 Å². The summed E-state index contributed by atoms with van der Waals surface area (Å²) < 4.78 is 43.0. The third-order valence-corrected chi connectivity index (χ3v) is 5.19. The molecule has 1 N–H and O–H groups in total. The van der Waals surface area contributed by atoms with Crippen molar-refractivity contribution in [1.82, 2.24) is 9.62 Å². The molecule has 1 fully saturated rings. The lowest BCUT2D eigenvalue weighted by Crippen LogP contribution is -3.00. The van der Waals surface area contributed by atoms with Crippen LogP contribution in [0.25, 0.3) is 0 Å². The van der Waals surface area contributed by atoms with Gasteiger partial charge in [0, 0.05) is 25.7 Å². The lowest BCUT2D eigenvalue weighted by atomic mass is 10.3. The van der Waals surface area contributed by atoms with Crippen molar-refractivity contribution in [1.29, 1.82) is 0 Å². The van der Waals surface area contributed by atoms with Gasteiger partial charge in [-0.15, -0.1) is 0 Å². The Morgan fingerprint density at radius 3 is 2.54 bits per heavy atom. The van der Waals surface area contributed by atoms with Gasteiger partial charge in [0.25, 0.3) is 0 Å². The fraction of sp³-hybridized carbons (Fsp3) is 0.600. The van der Waals surface area contributed by atoms with Gasteiger partial charge in [-0.3, -0.25) is 4.90 Å². The maximum atomic E-state index is 12.5. The Bertz CT molecular complexity index is 606. The summed E-state index contributed by atoms with van der Waals surface area (Å²) in [7, 11) is -0.699. The van der Waals surface area contributed by atoms with E-state index in [1.807, 2.05) is 0 Å². The van der Waals surface area contributed by atoms with Crippen molar-refractivity contribution in [3.8, 4) is 11.5 Å². The Morgan fingerprint density at radius 2 is 1.92 bits per heavy atom. The van der Waals surface area contributed by atoms with Crippen LogP contribution in [0.2, 0.25) is 0 Å². The third-order valence-electron chi connectivity index (χ3n) is 3.71. The molecule has 0 amide bonds. The van der Waals surface area contributed by atoms with E-state index >= 15 is 0 Å². The summed E-state index contributed by atoms with van der Waals surface area (Å²) >= 11 is 0. The van der Waals surface area contributed by atoms with E-state index in [0.717, 1.165) is 39.3 Å². The molecule has 138 valence electrons. The van der Waals surface area contributed by atoms with Crippen molar-refractivity contribution in [2.75, 3.05) is 53.6 Å². The first-order valence-corrected chi connectivity index (χ1v) is 9.07. The van der Waals surface area contributed by atoms with Crippen molar-refractivity contribution in [3.05, 3.63) is 18.2 Å². The molecule has 1 aliphatic rings. The van der Waals surface area contributed by atoms with Gasteiger partial charge in [0.2, 0.25) is 10.0 Å². The van der Waals surface area contributed by atoms with Gasteiger partial charge in [0.15, 0.2) is 0 Å². The second-order valence-electron chi connectivity index (χ2n) is 5.22. The minimum Gasteiger partial charge on any atom is -1.00 e. The van der Waals surface area contributed by atoms with Gasteiger partial charge in [0.1, 0.15) is 16.4 Å². The van der Waals surface area contributed by atoms with Gasteiger partial charge in [0.05, 0.1) is 27.4 Å². The summed E-state index contributed by atoms with van der Waals surface area (Å²) in [6.45, 7) is 4.51. The highest BCUT2D eigenvalue weighted by Crippen LogP contribution is 2.27. The number of hydrogen-bond donors (Lipinski definition) is 1. The van der Waals surface area contributed by atoms with E-state index in [4.69, 9.17) is 14.2 Å². The number of nitrogens with one attached hydrogen (secondary N) is 1. The lowest BCUT2D eigenvalue weighted by molar-refractivity contribution is -0.00000941. The van der Waals surface area contributed by atoms with Crippen LogP contribution in [-0.2, 0) is 14.8 Å². The lowest BCUT2D eigenvalue weighted by Gasteiger charge is -2.26. The molecule has 1 saturated heterocycles. The molecule has 0 unspecified atom stereocenters. The van der Waals surface area contributed by atoms with Crippen molar-refractivity contribution in [2.45, 2.75) is 11.3 Å². The summed E-state index contributed by atoms with van der Waals surface area (Å²) in [4.78, 5) is 2.36. The summed E-state index contributed by atoms with van der Waals surface area (Å²) in [5, 5.41) is 0. The molecule has 7 nitrogen and oxygen atoms in total. The van der Waals surface area contributed by atoms with Crippen molar-refractivity contribution >= 4 is 10.0 Å². The summed E-state index contributed by atoms with van der Waals surface area (Å²) in [5.74, 6) is 0.769. The van der Waals surface area contributed by atoms with E-state index < -0.39 is 10.0 Å². The molecule has 0 aliphatic carbocycles. The van der Waals surface area contributed by atoms with Crippen LogP contribution in [-0.4, -0.2) is 66.9 Å².